The molecule has 13 heavy (non-hydrogen) atoms. The van der Waals surface area contributed by atoms with Gasteiger partial charge in [0.1, 0.15) is 0 Å². The lowest BCUT2D eigenvalue weighted by Crippen LogP contribution is -2.36. The van der Waals surface area contributed by atoms with Crippen LogP contribution in [0.5, 0.6) is 0 Å². The van der Waals surface area contributed by atoms with Crippen molar-refractivity contribution in [2.24, 2.45) is 0 Å². The zero-order valence-corrected chi connectivity index (χ0v) is 8.34. The summed E-state index contributed by atoms with van der Waals surface area (Å²) in [5.74, 6) is -0.416. The van der Waals surface area contributed by atoms with Gasteiger partial charge in [-0.05, 0) is 13.3 Å². The summed E-state index contributed by atoms with van der Waals surface area (Å²) in [7, 11) is -3.33. The molecule has 0 saturated heterocycles. The van der Waals surface area contributed by atoms with Crippen molar-refractivity contribution in [2.45, 2.75) is 13.3 Å². The first-order chi connectivity index (χ1) is 6.06. The van der Waals surface area contributed by atoms with Crippen molar-refractivity contribution in [3.8, 4) is 6.07 Å². The van der Waals surface area contributed by atoms with Gasteiger partial charge in [0.2, 0.25) is 10.0 Å². The molecule has 1 rings (SSSR count). The van der Waals surface area contributed by atoms with Crippen LogP contribution in [0.1, 0.15) is 13.3 Å². The number of sulfonamides is 1. The molecular weight excluding hydrogens is 188 g/mol. The van der Waals surface area contributed by atoms with Gasteiger partial charge in [0.25, 0.3) is 0 Å². The minimum atomic E-state index is -3.33. The minimum Gasteiger partial charge on any atom is -0.211 e. The molecule has 0 spiro atoms. The van der Waals surface area contributed by atoms with Crippen LogP contribution < -0.4 is 0 Å². The summed E-state index contributed by atoms with van der Waals surface area (Å²) < 4.78 is 24.2. The SMILES string of the molecule is CC1=CCCN(S(=O)(=O)CC#N)C1. The molecule has 0 aliphatic carbocycles. The topological polar surface area (TPSA) is 61.2 Å². The molecule has 72 valence electrons. The zero-order valence-electron chi connectivity index (χ0n) is 7.52. The maximum atomic E-state index is 11.4. The molecule has 0 radical (unpaired) electrons. The zero-order chi connectivity index (χ0) is 9.90. The monoisotopic (exact) mass is 200 g/mol. The fraction of sp³-hybridized carbons (Fsp3) is 0.625. The van der Waals surface area contributed by atoms with Gasteiger partial charge in [-0.3, -0.25) is 0 Å². The van der Waals surface area contributed by atoms with Crippen LogP contribution in [-0.4, -0.2) is 31.6 Å². The second-order valence-corrected chi connectivity index (χ2v) is 5.06. The molecule has 0 saturated carbocycles. The summed E-state index contributed by atoms with van der Waals surface area (Å²) in [4.78, 5) is 0. The summed E-state index contributed by atoms with van der Waals surface area (Å²) >= 11 is 0. The Bertz CT molecular complexity index is 351. The summed E-state index contributed by atoms with van der Waals surface area (Å²) in [5, 5.41) is 8.33. The third-order valence-corrected chi connectivity index (χ3v) is 3.53. The molecule has 1 aliphatic rings. The van der Waals surface area contributed by atoms with Gasteiger partial charge in [0, 0.05) is 13.1 Å². The number of hydrogen-bond acceptors (Lipinski definition) is 3. The molecule has 0 aromatic heterocycles. The molecule has 1 heterocycles. The first-order valence-electron chi connectivity index (χ1n) is 4.06. The lowest BCUT2D eigenvalue weighted by molar-refractivity contribution is 0.430. The maximum Gasteiger partial charge on any atom is 0.227 e. The summed E-state index contributed by atoms with van der Waals surface area (Å²) in [6.45, 7) is 2.83. The normalized spacial score (nSPS) is 19.2. The Balaban J connectivity index is 2.75. The molecule has 4 nitrogen and oxygen atoms in total. The first-order valence-corrected chi connectivity index (χ1v) is 5.67. The van der Waals surface area contributed by atoms with Gasteiger partial charge in [-0.15, -0.1) is 0 Å². The number of nitriles is 1. The fourth-order valence-corrected chi connectivity index (χ4v) is 2.42. The van der Waals surface area contributed by atoms with Crippen LogP contribution in [0.3, 0.4) is 0 Å². The molecule has 0 unspecified atom stereocenters. The molecule has 0 atom stereocenters. The van der Waals surface area contributed by atoms with Crippen molar-refractivity contribution in [3.05, 3.63) is 11.6 Å². The largest absolute Gasteiger partial charge is 0.227 e. The standard InChI is InChI=1S/C8H12N2O2S/c1-8-3-2-5-10(7-8)13(11,12)6-4-9/h3H,2,5-7H2,1H3. The van der Waals surface area contributed by atoms with E-state index >= 15 is 0 Å². The fourth-order valence-electron chi connectivity index (χ4n) is 1.29. The lowest BCUT2D eigenvalue weighted by Gasteiger charge is -2.24. The summed E-state index contributed by atoms with van der Waals surface area (Å²) in [5.41, 5.74) is 1.05. The highest BCUT2D eigenvalue weighted by molar-refractivity contribution is 7.89. The van der Waals surface area contributed by atoms with E-state index in [0.717, 1.165) is 12.0 Å². The first kappa shape index (κ1) is 10.2. The van der Waals surface area contributed by atoms with Crippen LogP contribution >= 0.6 is 0 Å². The second kappa shape index (κ2) is 3.90. The van der Waals surface area contributed by atoms with Gasteiger partial charge in [-0.25, -0.2) is 8.42 Å². The number of rotatable bonds is 2. The average Bonchev–Trinajstić information content (AvgIpc) is 2.04. The quantitative estimate of drug-likeness (QED) is 0.609. The van der Waals surface area contributed by atoms with Crippen molar-refractivity contribution >= 4 is 10.0 Å². The van der Waals surface area contributed by atoms with Crippen molar-refractivity contribution in [2.75, 3.05) is 18.8 Å². The molecule has 0 aromatic rings. The maximum absolute atomic E-state index is 11.4. The molecule has 0 N–H and O–H groups in total. The van der Waals surface area contributed by atoms with Crippen molar-refractivity contribution < 1.29 is 8.42 Å². The van der Waals surface area contributed by atoms with E-state index in [9.17, 15) is 8.42 Å². The minimum absolute atomic E-state index is 0.416. The summed E-state index contributed by atoms with van der Waals surface area (Å²) in [6, 6.07) is 1.67. The molecular formula is C8H12N2O2S. The van der Waals surface area contributed by atoms with Crippen LogP contribution in [-0.2, 0) is 10.0 Å². The Kier molecular flexibility index (Phi) is 3.07. The van der Waals surface area contributed by atoms with Gasteiger partial charge in [-0.1, -0.05) is 11.6 Å². The highest BCUT2D eigenvalue weighted by Gasteiger charge is 2.23. The number of hydrogen-bond donors (Lipinski definition) is 0. The van der Waals surface area contributed by atoms with Gasteiger partial charge in [-0.2, -0.15) is 9.57 Å². The van der Waals surface area contributed by atoms with E-state index in [4.69, 9.17) is 5.26 Å². The van der Waals surface area contributed by atoms with Gasteiger partial charge < -0.3 is 0 Å². The Hall–Kier alpha value is -0.860. The third-order valence-electron chi connectivity index (χ3n) is 1.94. The van der Waals surface area contributed by atoms with E-state index in [0.29, 0.717) is 13.1 Å². The van der Waals surface area contributed by atoms with E-state index in [2.05, 4.69) is 0 Å². The van der Waals surface area contributed by atoms with E-state index in [1.165, 1.54) is 4.31 Å². The lowest BCUT2D eigenvalue weighted by atomic mass is 10.2. The highest BCUT2D eigenvalue weighted by Crippen LogP contribution is 2.12. The van der Waals surface area contributed by atoms with E-state index < -0.39 is 15.8 Å². The molecule has 0 aromatic carbocycles. The van der Waals surface area contributed by atoms with E-state index in [1.54, 1.807) is 6.07 Å². The number of nitrogens with zero attached hydrogens (tertiary/aromatic N) is 2. The predicted molar refractivity (Wildman–Crippen MR) is 49.3 cm³/mol. The van der Waals surface area contributed by atoms with E-state index in [1.807, 2.05) is 13.0 Å². The molecule has 5 heteroatoms. The molecule has 0 bridgehead atoms. The van der Waals surface area contributed by atoms with Gasteiger partial charge >= 0.3 is 0 Å². The van der Waals surface area contributed by atoms with Crippen LogP contribution in [0.4, 0.5) is 0 Å². The third kappa shape index (κ3) is 2.54. The molecule has 1 aliphatic heterocycles. The Morgan fingerprint density at radius 1 is 1.69 bits per heavy atom. The highest BCUT2D eigenvalue weighted by atomic mass is 32.2. The Morgan fingerprint density at radius 3 is 2.92 bits per heavy atom. The van der Waals surface area contributed by atoms with Crippen molar-refractivity contribution in [1.82, 2.24) is 4.31 Å². The van der Waals surface area contributed by atoms with Crippen LogP contribution in [0.2, 0.25) is 0 Å². The van der Waals surface area contributed by atoms with Crippen LogP contribution in [0.25, 0.3) is 0 Å². The molecule has 0 amide bonds. The average molecular weight is 200 g/mol. The van der Waals surface area contributed by atoms with Gasteiger partial charge in [0.05, 0.1) is 6.07 Å². The second-order valence-electron chi connectivity index (χ2n) is 3.09. The predicted octanol–water partition coefficient (Wildman–Crippen LogP) is 0.492. The summed E-state index contributed by atoms with van der Waals surface area (Å²) in [6.07, 6.45) is 2.77. The Morgan fingerprint density at radius 2 is 2.38 bits per heavy atom. The smallest absolute Gasteiger partial charge is 0.211 e. The Labute approximate surface area is 78.5 Å². The van der Waals surface area contributed by atoms with Crippen molar-refractivity contribution in [3.63, 3.8) is 0 Å². The van der Waals surface area contributed by atoms with E-state index in [-0.39, 0.29) is 0 Å². The van der Waals surface area contributed by atoms with Gasteiger partial charge in [0.15, 0.2) is 5.75 Å². The van der Waals surface area contributed by atoms with Crippen molar-refractivity contribution in [1.29, 1.82) is 5.26 Å². The molecule has 0 fully saturated rings. The van der Waals surface area contributed by atoms with Crippen LogP contribution in [0, 0.1) is 11.3 Å². The van der Waals surface area contributed by atoms with Crippen LogP contribution in [0.15, 0.2) is 11.6 Å².